The summed E-state index contributed by atoms with van der Waals surface area (Å²) in [6, 6.07) is 6.58. The molecule has 0 atom stereocenters. The van der Waals surface area contributed by atoms with Gasteiger partial charge in [0.25, 0.3) is 0 Å². The van der Waals surface area contributed by atoms with Crippen LogP contribution in [-0.4, -0.2) is 34.3 Å². The molecule has 0 aromatic carbocycles. The van der Waals surface area contributed by atoms with E-state index in [1.54, 1.807) is 37.4 Å². The molecule has 0 spiro atoms. The van der Waals surface area contributed by atoms with Gasteiger partial charge in [0.15, 0.2) is 0 Å². The van der Waals surface area contributed by atoms with Crippen molar-refractivity contribution >= 4 is 17.9 Å². The molecule has 2 heterocycles. The lowest BCUT2D eigenvalue weighted by atomic mass is 9.66. The molecule has 1 saturated carbocycles. The lowest BCUT2D eigenvalue weighted by Gasteiger charge is -2.41. The summed E-state index contributed by atoms with van der Waals surface area (Å²) < 4.78 is 18.9. The Morgan fingerprint density at radius 2 is 2.19 bits per heavy atom. The van der Waals surface area contributed by atoms with Crippen LogP contribution in [-0.2, 0) is 14.9 Å². The second kappa shape index (κ2) is 8.03. The highest BCUT2D eigenvalue weighted by Gasteiger charge is 2.41. The Balaban J connectivity index is 1.63. The third-order valence-corrected chi connectivity index (χ3v) is 4.54. The van der Waals surface area contributed by atoms with Crippen LogP contribution in [0.3, 0.4) is 0 Å². The van der Waals surface area contributed by atoms with E-state index in [4.69, 9.17) is 4.74 Å². The molecule has 2 aromatic rings. The number of anilines is 1. The van der Waals surface area contributed by atoms with E-state index < -0.39 is 5.97 Å². The van der Waals surface area contributed by atoms with Crippen molar-refractivity contribution in [2.75, 3.05) is 18.5 Å². The van der Waals surface area contributed by atoms with Crippen LogP contribution in [0.5, 0.6) is 0 Å². The molecule has 1 N–H and O–H groups in total. The van der Waals surface area contributed by atoms with E-state index in [0.717, 1.165) is 19.3 Å². The second-order valence-corrected chi connectivity index (χ2v) is 6.25. The molecule has 2 aromatic heterocycles. The number of hydrogen-bond acceptors (Lipinski definition) is 6. The number of aromatic nitrogens is 3. The quantitative estimate of drug-likeness (QED) is 0.607. The Morgan fingerprint density at radius 1 is 1.35 bits per heavy atom. The average molecular weight is 356 g/mol. The first-order chi connectivity index (χ1) is 12.6. The van der Waals surface area contributed by atoms with Crippen LogP contribution >= 0.6 is 0 Å². The van der Waals surface area contributed by atoms with E-state index in [9.17, 15) is 9.18 Å². The summed E-state index contributed by atoms with van der Waals surface area (Å²) in [4.78, 5) is 15.5. The number of hydrogen-bond donors (Lipinski definition) is 1. The molecule has 26 heavy (non-hydrogen) atoms. The SMILES string of the molecule is CCOC(=O)/C=C/c1ccc(NCC2(c3ncccc3F)CCC2)nn1. The largest absolute Gasteiger partial charge is 0.463 e. The second-order valence-electron chi connectivity index (χ2n) is 6.25. The minimum Gasteiger partial charge on any atom is -0.463 e. The molecule has 136 valence electrons. The summed E-state index contributed by atoms with van der Waals surface area (Å²) >= 11 is 0. The van der Waals surface area contributed by atoms with Gasteiger partial charge in [-0.3, -0.25) is 4.98 Å². The van der Waals surface area contributed by atoms with Gasteiger partial charge in [-0.05, 0) is 50.1 Å². The smallest absolute Gasteiger partial charge is 0.330 e. The van der Waals surface area contributed by atoms with Gasteiger partial charge >= 0.3 is 5.97 Å². The van der Waals surface area contributed by atoms with Crippen molar-refractivity contribution in [3.63, 3.8) is 0 Å². The molecular formula is C19H21FN4O2. The van der Waals surface area contributed by atoms with Gasteiger partial charge in [0, 0.05) is 24.2 Å². The van der Waals surface area contributed by atoms with Crippen LogP contribution in [0.2, 0.25) is 0 Å². The van der Waals surface area contributed by atoms with Crippen molar-refractivity contribution in [2.24, 2.45) is 0 Å². The van der Waals surface area contributed by atoms with E-state index in [1.807, 2.05) is 0 Å². The van der Waals surface area contributed by atoms with E-state index in [0.29, 0.717) is 30.4 Å². The molecule has 0 radical (unpaired) electrons. The Bertz CT molecular complexity index is 788. The Hall–Kier alpha value is -2.83. The highest BCUT2D eigenvalue weighted by Crippen LogP contribution is 2.43. The summed E-state index contributed by atoms with van der Waals surface area (Å²) in [5.41, 5.74) is 0.772. The minimum absolute atomic E-state index is 0.264. The molecular weight excluding hydrogens is 335 g/mol. The standard InChI is InChI=1S/C19H21FN4O2/c1-2-26-17(25)9-7-14-6-8-16(24-23-14)22-13-19(10-4-11-19)18-15(20)5-3-12-21-18/h3,5-9,12H,2,4,10-11,13H2,1H3,(H,22,24)/b9-7+. The van der Waals surface area contributed by atoms with Gasteiger partial charge in [-0.25, -0.2) is 9.18 Å². The number of nitrogens with zero attached hydrogens (tertiary/aromatic N) is 3. The molecule has 0 bridgehead atoms. The molecule has 0 saturated heterocycles. The number of ether oxygens (including phenoxy) is 1. The number of carbonyl (C=O) groups is 1. The zero-order valence-electron chi connectivity index (χ0n) is 14.6. The van der Waals surface area contributed by atoms with Gasteiger partial charge in [-0.15, -0.1) is 10.2 Å². The van der Waals surface area contributed by atoms with Gasteiger partial charge in [-0.2, -0.15) is 0 Å². The van der Waals surface area contributed by atoms with Gasteiger partial charge < -0.3 is 10.1 Å². The van der Waals surface area contributed by atoms with Crippen molar-refractivity contribution in [1.82, 2.24) is 15.2 Å². The normalized spacial score (nSPS) is 15.5. The monoisotopic (exact) mass is 356 g/mol. The Kier molecular flexibility index (Phi) is 5.55. The molecule has 0 aliphatic heterocycles. The maximum Gasteiger partial charge on any atom is 0.330 e. The molecule has 7 heteroatoms. The van der Waals surface area contributed by atoms with E-state index >= 15 is 0 Å². The first kappa shape index (κ1) is 18.0. The molecule has 0 amide bonds. The highest BCUT2D eigenvalue weighted by molar-refractivity contribution is 5.86. The van der Waals surface area contributed by atoms with Crippen molar-refractivity contribution in [1.29, 1.82) is 0 Å². The number of halogens is 1. The van der Waals surface area contributed by atoms with Gasteiger partial charge in [-0.1, -0.05) is 6.42 Å². The first-order valence-corrected chi connectivity index (χ1v) is 8.66. The van der Waals surface area contributed by atoms with Crippen LogP contribution in [0.4, 0.5) is 10.2 Å². The van der Waals surface area contributed by atoms with E-state index in [2.05, 4.69) is 20.5 Å². The Labute approximate surface area is 151 Å². The van der Waals surface area contributed by atoms with Gasteiger partial charge in [0.05, 0.1) is 18.0 Å². The molecule has 3 rings (SSSR count). The zero-order valence-corrected chi connectivity index (χ0v) is 14.6. The van der Waals surface area contributed by atoms with Crippen LogP contribution in [0.1, 0.15) is 37.6 Å². The van der Waals surface area contributed by atoms with Crippen LogP contribution in [0.15, 0.2) is 36.5 Å². The predicted molar refractivity (Wildman–Crippen MR) is 95.9 cm³/mol. The maximum absolute atomic E-state index is 14.1. The first-order valence-electron chi connectivity index (χ1n) is 8.66. The molecule has 6 nitrogen and oxygen atoms in total. The number of rotatable bonds is 7. The molecule has 1 aliphatic carbocycles. The van der Waals surface area contributed by atoms with Crippen LogP contribution in [0, 0.1) is 5.82 Å². The van der Waals surface area contributed by atoms with Crippen molar-refractivity contribution in [2.45, 2.75) is 31.6 Å². The summed E-state index contributed by atoms with van der Waals surface area (Å²) in [5, 5.41) is 11.4. The summed E-state index contributed by atoms with van der Waals surface area (Å²) in [6.07, 6.45) is 7.33. The zero-order chi connectivity index (χ0) is 18.4. The fourth-order valence-corrected chi connectivity index (χ4v) is 3.01. The van der Waals surface area contributed by atoms with Crippen LogP contribution in [0.25, 0.3) is 6.08 Å². The lowest BCUT2D eigenvalue weighted by Crippen LogP contribution is -2.42. The lowest BCUT2D eigenvalue weighted by molar-refractivity contribution is -0.137. The summed E-state index contributed by atoms with van der Waals surface area (Å²) in [6.45, 7) is 2.63. The van der Waals surface area contributed by atoms with Gasteiger partial charge in [0.2, 0.25) is 0 Å². The third-order valence-electron chi connectivity index (χ3n) is 4.54. The van der Waals surface area contributed by atoms with E-state index in [1.165, 1.54) is 12.1 Å². The Morgan fingerprint density at radius 3 is 2.81 bits per heavy atom. The molecule has 0 unspecified atom stereocenters. The maximum atomic E-state index is 14.1. The van der Waals surface area contributed by atoms with Crippen molar-refractivity contribution in [3.8, 4) is 0 Å². The average Bonchev–Trinajstić information content (AvgIpc) is 2.62. The number of esters is 1. The van der Waals surface area contributed by atoms with E-state index in [-0.39, 0.29) is 11.2 Å². The number of pyridine rings is 1. The van der Waals surface area contributed by atoms with Crippen LogP contribution < -0.4 is 5.32 Å². The highest BCUT2D eigenvalue weighted by atomic mass is 19.1. The molecule has 1 aliphatic rings. The predicted octanol–water partition coefficient (Wildman–Crippen LogP) is 3.12. The van der Waals surface area contributed by atoms with Crippen molar-refractivity contribution < 1.29 is 13.9 Å². The van der Waals surface area contributed by atoms with Gasteiger partial charge in [0.1, 0.15) is 11.6 Å². The fourth-order valence-electron chi connectivity index (χ4n) is 3.01. The fraction of sp³-hybridized carbons (Fsp3) is 0.368. The number of nitrogens with one attached hydrogen (secondary N) is 1. The topological polar surface area (TPSA) is 77.0 Å². The number of carbonyl (C=O) groups excluding carboxylic acids is 1. The third kappa shape index (κ3) is 4.04. The minimum atomic E-state index is -0.416. The summed E-state index contributed by atoms with van der Waals surface area (Å²) in [5.74, 6) is -0.0822. The van der Waals surface area contributed by atoms with Crippen molar-refractivity contribution in [3.05, 3.63) is 53.7 Å². The molecule has 1 fully saturated rings. The summed E-state index contributed by atoms with van der Waals surface area (Å²) in [7, 11) is 0.